The lowest BCUT2D eigenvalue weighted by atomic mass is 9.99. The molecule has 0 amide bonds. The zero-order valence-electron chi connectivity index (χ0n) is 12.0. The van der Waals surface area contributed by atoms with E-state index in [1.165, 1.54) is 11.1 Å². The molecule has 2 heterocycles. The molecule has 21 heavy (non-hydrogen) atoms. The molecular formula is C16H18BrN3O. The minimum atomic E-state index is 0.167. The Morgan fingerprint density at radius 2 is 2.33 bits per heavy atom. The molecule has 0 spiro atoms. The van der Waals surface area contributed by atoms with E-state index in [-0.39, 0.29) is 6.04 Å². The van der Waals surface area contributed by atoms with Gasteiger partial charge in [-0.3, -0.25) is 0 Å². The standard InChI is InChI=1S/C16H18BrN3O/c1-2-19-15(14-3-5-18-10-20-14)9-12-8-13(17)7-11-4-6-21-16(11)12/h3,5,7-8,10,15,19H,2,4,6,9H2,1H3. The lowest BCUT2D eigenvalue weighted by molar-refractivity contribution is 0.351. The van der Waals surface area contributed by atoms with E-state index in [0.29, 0.717) is 0 Å². The highest BCUT2D eigenvalue weighted by molar-refractivity contribution is 9.10. The Hall–Kier alpha value is -1.46. The van der Waals surface area contributed by atoms with Crippen LogP contribution in [0.4, 0.5) is 0 Å². The normalized spacial score (nSPS) is 14.6. The van der Waals surface area contributed by atoms with Crippen molar-refractivity contribution >= 4 is 15.9 Å². The second-order valence-corrected chi connectivity index (χ2v) is 6.02. The van der Waals surface area contributed by atoms with E-state index in [1.54, 1.807) is 12.5 Å². The van der Waals surface area contributed by atoms with Gasteiger partial charge in [0.15, 0.2) is 0 Å². The van der Waals surface area contributed by atoms with Gasteiger partial charge in [0.2, 0.25) is 0 Å². The van der Waals surface area contributed by atoms with Crippen LogP contribution in [0.5, 0.6) is 5.75 Å². The van der Waals surface area contributed by atoms with Gasteiger partial charge in [0.05, 0.1) is 18.3 Å². The van der Waals surface area contributed by atoms with Crippen molar-refractivity contribution in [1.82, 2.24) is 15.3 Å². The van der Waals surface area contributed by atoms with Crippen LogP contribution in [0.3, 0.4) is 0 Å². The fourth-order valence-corrected chi connectivity index (χ4v) is 3.30. The molecule has 110 valence electrons. The van der Waals surface area contributed by atoms with E-state index in [9.17, 15) is 0 Å². The van der Waals surface area contributed by atoms with Gasteiger partial charge in [-0.2, -0.15) is 0 Å². The third kappa shape index (κ3) is 3.24. The molecule has 0 fully saturated rings. The summed E-state index contributed by atoms with van der Waals surface area (Å²) in [6.07, 6.45) is 5.23. The molecule has 0 bridgehead atoms. The Labute approximate surface area is 133 Å². The second kappa shape index (κ2) is 6.54. The summed E-state index contributed by atoms with van der Waals surface area (Å²) in [6, 6.07) is 6.43. The van der Waals surface area contributed by atoms with Crippen LogP contribution >= 0.6 is 15.9 Å². The Kier molecular flexibility index (Phi) is 4.51. The number of hydrogen-bond acceptors (Lipinski definition) is 4. The smallest absolute Gasteiger partial charge is 0.125 e. The number of nitrogens with zero attached hydrogens (tertiary/aromatic N) is 2. The van der Waals surface area contributed by atoms with Crippen LogP contribution in [0.2, 0.25) is 0 Å². The first-order valence-corrected chi connectivity index (χ1v) is 8.00. The molecule has 2 aromatic rings. The number of halogens is 1. The van der Waals surface area contributed by atoms with Crippen molar-refractivity contribution in [2.24, 2.45) is 0 Å². The Morgan fingerprint density at radius 3 is 3.10 bits per heavy atom. The van der Waals surface area contributed by atoms with E-state index >= 15 is 0 Å². The summed E-state index contributed by atoms with van der Waals surface area (Å²) in [6.45, 7) is 3.78. The Bertz CT molecular complexity index is 618. The fourth-order valence-electron chi connectivity index (χ4n) is 2.75. The average molecular weight is 348 g/mol. The minimum absolute atomic E-state index is 0.167. The van der Waals surface area contributed by atoms with E-state index in [1.807, 2.05) is 6.07 Å². The molecule has 1 unspecified atom stereocenters. The van der Waals surface area contributed by atoms with Gasteiger partial charge in [0.25, 0.3) is 0 Å². The summed E-state index contributed by atoms with van der Waals surface area (Å²) in [5.74, 6) is 1.05. The number of ether oxygens (including phenoxy) is 1. The van der Waals surface area contributed by atoms with E-state index < -0.39 is 0 Å². The van der Waals surface area contributed by atoms with Crippen LogP contribution in [0, 0.1) is 0 Å². The first kappa shape index (κ1) is 14.5. The number of aromatic nitrogens is 2. The number of hydrogen-bond donors (Lipinski definition) is 1. The topological polar surface area (TPSA) is 47.0 Å². The summed E-state index contributed by atoms with van der Waals surface area (Å²) in [5, 5.41) is 3.50. The number of benzene rings is 1. The maximum absolute atomic E-state index is 5.82. The third-order valence-electron chi connectivity index (χ3n) is 3.66. The molecule has 1 aromatic carbocycles. The highest BCUT2D eigenvalue weighted by atomic mass is 79.9. The zero-order valence-corrected chi connectivity index (χ0v) is 13.6. The van der Waals surface area contributed by atoms with Gasteiger partial charge in [-0.15, -0.1) is 0 Å². The summed E-state index contributed by atoms with van der Waals surface area (Å²) < 4.78 is 6.93. The van der Waals surface area contributed by atoms with Gasteiger partial charge in [-0.25, -0.2) is 9.97 Å². The van der Waals surface area contributed by atoms with E-state index in [0.717, 1.165) is 41.9 Å². The van der Waals surface area contributed by atoms with E-state index in [4.69, 9.17) is 4.74 Å². The molecule has 0 aliphatic carbocycles. The van der Waals surface area contributed by atoms with Crippen molar-refractivity contribution < 1.29 is 4.74 Å². The average Bonchev–Trinajstić information content (AvgIpc) is 2.96. The van der Waals surface area contributed by atoms with Gasteiger partial charge < -0.3 is 10.1 Å². The molecule has 1 aliphatic heterocycles. The molecular weight excluding hydrogens is 330 g/mol. The maximum atomic E-state index is 5.82. The van der Waals surface area contributed by atoms with Crippen molar-refractivity contribution in [3.05, 3.63) is 52.0 Å². The lowest BCUT2D eigenvalue weighted by Crippen LogP contribution is -2.24. The van der Waals surface area contributed by atoms with Gasteiger partial charge >= 0.3 is 0 Å². The molecule has 1 atom stereocenters. The quantitative estimate of drug-likeness (QED) is 0.902. The maximum Gasteiger partial charge on any atom is 0.125 e. The Morgan fingerprint density at radius 1 is 1.43 bits per heavy atom. The van der Waals surface area contributed by atoms with Gasteiger partial charge in [0, 0.05) is 17.1 Å². The summed E-state index contributed by atoms with van der Waals surface area (Å²) >= 11 is 3.60. The first-order valence-electron chi connectivity index (χ1n) is 7.21. The van der Waals surface area contributed by atoms with Crippen LogP contribution in [0.25, 0.3) is 0 Å². The molecule has 0 saturated carbocycles. The number of rotatable bonds is 5. The SMILES string of the molecule is CCNC(Cc1cc(Br)cc2c1OCC2)c1ccncn1. The first-order chi connectivity index (χ1) is 10.3. The minimum Gasteiger partial charge on any atom is -0.493 e. The number of fused-ring (bicyclic) bond motifs is 1. The predicted octanol–water partition coefficient (Wildman–Crippen LogP) is 3.07. The fraction of sp³-hybridized carbons (Fsp3) is 0.375. The van der Waals surface area contributed by atoms with Crippen molar-refractivity contribution in [2.45, 2.75) is 25.8 Å². The molecule has 0 radical (unpaired) electrons. The van der Waals surface area contributed by atoms with Gasteiger partial charge in [0.1, 0.15) is 12.1 Å². The van der Waals surface area contributed by atoms with Crippen LogP contribution in [0.1, 0.15) is 29.8 Å². The Balaban J connectivity index is 1.90. The third-order valence-corrected chi connectivity index (χ3v) is 4.12. The van der Waals surface area contributed by atoms with Gasteiger partial charge in [-0.1, -0.05) is 22.9 Å². The predicted molar refractivity (Wildman–Crippen MR) is 85.5 cm³/mol. The van der Waals surface area contributed by atoms with Crippen molar-refractivity contribution in [1.29, 1.82) is 0 Å². The van der Waals surface area contributed by atoms with E-state index in [2.05, 4.69) is 50.3 Å². The molecule has 1 N–H and O–H groups in total. The molecule has 0 saturated heterocycles. The second-order valence-electron chi connectivity index (χ2n) is 5.10. The van der Waals surface area contributed by atoms with Crippen molar-refractivity contribution in [2.75, 3.05) is 13.2 Å². The highest BCUT2D eigenvalue weighted by Crippen LogP contribution is 2.35. The number of likely N-dealkylation sites (N-methyl/N-ethyl adjacent to an activating group) is 1. The van der Waals surface area contributed by atoms with Crippen LogP contribution in [-0.2, 0) is 12.8 Å². The molecule has 1 aromatic heterocycles. The highest BCUT2D eigenvalue weighted by Gasteiger charge is 2.21. The number of nitrogens with one attached hydrogen (secondary N) is 1. The summed E-state index contributed by atoms with van der Waals surface area (Å²) in [4.78, 5) is 8.38. The summed E-state index contributed by atoms with van der Waals surface area (Å²) in [7, 11) is 0. The lowest BCUT2D eigenvalue weighted by Gasteiger charge is -2.19. The molecule has 4 nitrogen and oxygen atoms in total. The monoisotopic (exact) mass is 347 g/mol. The van der Waals surface area contributed by atoms with Crippen molar-refractivity contribution in [3.8, 4) is 5.75 Å². The van der Waals surface area contributed by atoms with Crippen LogP contribution < -0.4 is 10.1 Å². The van der Waals surface area contributed by atoms with Crippen LogP contribution in [-0.4, -0.2) is 23.1 Å². The summed E-state index contributed by atoms with van der Waals surface area (Å²) in [5.41, 5.74) is 3.53. The zero-order chi connectivity index (χ0) is 14.7. The van der Waals surface area contributed by atoms with Gasteiger partial charge in [-0.05, 0) is 42.3 Å². The molecule has 1 aliphatic rings. The largest absolute Gasteiger partial charge is 0.493 e. The molecule has 5 heteroatoms. The molecule has 3 rings (SSSR count). The van der Waals surface area contributed by atoms with Crippen LogP contribution in [0.15, 0.2) is 35.2 Å². The van der Waals surface area contributed by atoms with Crippen molar-refractivity contribution in [3.63, 3.8) is 0 Å².